The van der Waals surface area contributed by atoms with Gasteiger partial charge in [-0.15, -0.1) is 0 Å². The van der Waals surface area contributed by atoms with Gasteiger partial charge in [0.25, 0.3) is 0 Å². The van der Waals surface area contributed by atoms with Gasteiger partial charge in [0, 0.05) is 36.0 Å². The predicted molar refractivity (Wildman–Crippen MR) is 126 cm³/mol. The summed E-state index contributed by atoms with van der Waals surface area (Å²) in [4.78, 5) is 11.0. The highest BCUT2D eigenvalue weighted by Gasteiger charge is 2.19. The van der Waals surface area contributed by atoms with Crippen molar-refractivity contribution in [3.8, 4) is 0 Å². The second-order valence-corrected chi connectivity index (χ2v) is 9.38. The molecule has 2 heterocycles. The number of nitrogens with two attached hydrogens (primary N) is 1. The summed E-state index contributed by atoms with van der Waals surface area (Å²) in [5.74, 6) is 1.05. The van der Waals surface area contributed by atoms with Gasteiger partial charge in [0.2, 0.25) is 16.0 Å². The number of nitrogens with one attached hydrogen (secondary N) is 1. The van der Waals surface area contributed by atoms with Crippen molar-refractivity contribution in [3.05, 3.63) is 60.4 Å². The van der Waals surface area contributed by atoms with Crippen LogP contribution < -0.4 is 15.4 Å². The van der Waals surface area contributed by atoms with Crippen molar-refractivity contribution in [2.75, 3.05) is 10.2 Å². The van der Waals surface area contributed by atoms with E-state index in [-0.39, 0.29) is 10.9 Å². The van der Waals surface area contributed by atoms with Gasteiger partial charge in [0.15, 0.2) is 0 Å². The van der Waals surface area contributed by atoms with Crippen LogP contribution in [0.4, 0.5) is 23.1 Å². The first-order valence-electron chi connectivity index (χ1n) is 10.1. The maximum absolute atomic E-state index is 11.8. The average Bonchev–Trinajstić information content (AvgIpc) is 3.01. The fraction of sp³-hybridized carbons (Fsp3) is 0.227. The molecular formula is C22H25N7O2S. The lowest BCUT2D eigenvalue weighted by molar-refractivity contribution is 0.597. The molecule has 9 nitrogen and oxygen atoms in total. The summed E-state index contributed by atoms with van der Waals surface area (Å²) in [6, 6.07) is 14.2. The normalized spacial score (nSPS) is 11.8. The Morgan fingerprint density at radius 1 is 1.12 bits per heavy atom. The van der Waals surface area contributed by atoms with Gasteiger partial charge in [-0.2, -0.15) is 10.1 Å². The fourth-order valence-electron chi connectivity index (χ4n) is 3.65. The Bertz CT molecular complexity index is 1400. The molecule has 2 aromatic carbocycles. The molecule has 0 aliphatic rings. The predicted octanol–water partition coefficient (Wildman–Crippen LogP) is 3.61. The number of sulfonamides is 1. The number of fused-ring (bicyclic) bond motifs is 1. The Hall–Kier alpha value is -3.50. The smallest absolute Gasteiger partial charge is 0.238 e. The molecule has 0 unspecified atom stereocenters. The minimum Gasteiger partial charge on any atom is -0.340 e. The van der Waals surface area contributed by atoms with E-state index in [4.69, 9.17) is 5.14 Å². The zero-order valence-corrected chi connectivity index (χ0v) is 19.1. The molecule has 0 fully saturated rings. The van der Waals surface area contributed by atoms with E-state index in [2.05, 4.69) is 20.4 Å². The van der Waals surface area contributed by atoms with Gasteiger partial charge in [-0.25, -0.2) is 18.5 Å². The van der Waals surface area contributed by atoms with Crippen LogP contribution in [0.25, 0.3) is 10.9 Å². The first-order valence-corrected chi connectivity index (χ1v) is 11.6. The first-order chi connectivity index (χ1) is 15.1. The Labute approximate surface area is 187 Å². The topological polar surface area (TPSA) is 119 Å². The fourth-order valence-corrected chi connectivity index (χ4v) is 4.21. The molecule has 0 atom stereocenters. The Kier molecular flexibility index (Phi) is 5.57. The Morgan fingerprint density at radius 3 is 2.62 bits per heavy atom. The number of anilines is 4. The maximum atomic E-state index is 11.8. The summed E-state index contributed by atoms with van der Waals surface area (Å²) in [5, 5.41) is 14.2. The summed E-state index contributed by atoms with van der Waals surface area (Å²) in [6.45, 7) is 5.94. The molecule has 0 saturated carbocycles. The van der Waals surface area contributed by atoms with Crippen molar-refractivity contribution in [2.45, 2.75) is 31.7 Å². The van der Waals surface area contributed by atoms with Gasteiger partial charge in [-0.05, 0) is 63.2 Å². The van der Waals surface area contributed by atoms with Crippen LogP contribution in [0.15, 0.2) is 59.6 Å². The van der Waals surface area contributed by atoms with Gasteiger partial charge in [-0.1, -0.05) is 6.07 Å². The molecule has 2 aromatic heterocycles. The summed E-state index contributed by atoms with van der Waals surface area (Å²) in [6.07, 6.45) is 1.66. The van der Waals surface area contributed by atoms with Crippen molar-refractivity contribution in [1.29, 1.82) is 0 Å². The van der Waals surface area contributed by atoms with Crippen LogP contribution in [0.1, 0.15) is 19.5 Å². The van der Waals surface area contributed by atoms with Crippen molar-refractivity contribution in [2.24, 2.45) is 12.2 Å². The molecular weight excluding hydrogens is 426 g/mol. The molecule has 0 bridgehead atoms. The lowest BCUT2D eigenvalue weighted by Crippen LogP contribution is -2.27. The summed E-state index contributed by atoms with van der Waals surface area (Å²) >= 11 is 0. The number of rotatable bonds is 6. The minimum atomic E-state index is -3.82. The van der Waals surface area contributed by atoms with E-state index in [0.717, 1.165) is 22.3 Å². The largest absolute Gasteiger partial charge is 0.340 e. The van der Waals surface area contributed by atoms with Gasteiger partial charge in [0.1, 0.15) is 5.82 Å². The van der Waals surface area contributed by atoms with Gasteiger partial charge in [-0.3, -0.25) is 4.68 Å². The number of primary sulfonamides is 1. The second-order valence-electron chi connectivity index (χ2n) is 7.81. The molecule has 4 aromatic rings. The third-order valence-electron chi connectivity index (χ3n) is 5.11. The Morgan fingerprint density at radius 2 is 1.91 bits per heavy atom. The van der Waals surface area contributed by atoms with E-state index < -0.39 is 10.0 Å². The molecule has 32 heavy (non-hydrogen) atoms. The number of hydrogen-bond acceptors (Lipinski definition) is 7. The SMILES string of the molecule is Cc1nn(C)c2cc(Nc3ccnc(N(c4cccc(S(N)(=O)=O)c4)C(C)C)n3)ccc12. The van der Waals surface area contributed by atoms with Crippen molar-refractivity contribution >= 4 is 44.1 Å². The molecule has 3 N–H and O–H groups in total. The summed E-state index contributed by atoms with van der Waals surface area (Å²) in [5.41, 5.74) is 3.51. The number of hydrogen-bond donors (Lipinski definition) is 2. The summed E-state index contributed by atoms with van der Waals surface area (Å²) < 4.78 is 25.5. The van der Waals surface area contributed by atoms with Crippen LogP contribution >= 0.6 is 0 Å². The number of benzene rings is 2. The first kappa shape index (κ1) is 21.7. The molecule has 0 spiro atoms. The Balaban J connectivity index is 1.69. The van der Waals surface area contributed by atoms with E-state index in [0.29, 0.717) is 17.5 Å². The molecule has 10 heteroatoms. The molecule has 0 aliphatic carbocycles. The molecule has 0 radical (unpaired) electrons. The van der Waals surface area contributed by atoms with E-state index in [1.165, 1.54) is 12.1 Å². The van der Waals surface area contributed by atoms with Crippen LogP contribution in [0, 0.1) is 6.92 Å². The van der Waals surface area contributed by atoms with Gasteiger partial charge >= 0.3 is 0 Å². The van der Waals surface area contributed by atoms with Crippen molar-refractivity contribution < 1.29 is 8.42 Å². The van der Waals surface area contributed by atoms with E-state index in [1.807, 2.05) is 55.6 Å². The monoisotopic (exact) mass is 451 g/mol. The highest BCUT2D eigenvalue weighted by molar-refractivity contribution is 7.89. The number of aromatic nitrogens is 4. The molecule has 0 saturated heterocycles. The van der Waals surface area contributed by atoms with E-state index in [9.17, 15) is 8.42 Å². The molecule has 166 valence electrons. The van der Waals surface area contributed by atoms with E-state index in [1.54, 1.807) is 24.4 Å². The standard InChI is InChI=1S/C22H25N7O2S/c1-14(2)29(17-6-5-7-18(13-17)32(23,30)31)22-24-11-10-21(26-22)25-16-8-9-19-15(3)27-28(4)20(19)12-16/h5-14H,1-4H3,(H2,23,30,31)(H,24,25,26). The maximum Gasteiger partial charge on any atom is 0.238 e. The number of nitrogens with zero attached hydrogens (tertiary/aromatic N) is 5. The second kappa shape index (κ2) is 8.21. The van der Waals surface area contributed by atoms with E-state index >= 15 is 0 Å². The molecule has 4 rings (SSSR count). The van der Waals surface area contributed by atoms with Crippen LogP contribution in [0.3, 0.4) is 0 Å². The highest BCUT2D eigenvalue weighted by Crippen LogP contribution is 2.29. The minimum absolute atomic E-state index is 0.0326. The van der Waals surface area contributed by atoms with Crippen LogP contribution in [-0.4, -0.2) is 34.2 Å². The number of aryl methyl sites for hydroxylation is 2. The van der Waals surface area contributed by atoms with Crippen molar-refractivity contribution in [3.63, 3.8) is 0 Å². The third-order valence-corrected chi connectivity index (χ3v) is 6.02. The highest BCUT2D eigenvalue weighted by atomic mass is 32.2. The average molecular weight is 452 g/mol. The quantitative estimate of drug-likeness (QED) is 0.459. The van der Waals surface area contributed by atoms with Crippen LogP contribution in [0.2, 0.25) is 0 Å². The third kappa shape index (κ3) is 4.27. The van der Waals surface area contributed by atoms with Crippen molar-refractivity contribution in [1.82, 2.24) is 19.7 Å². The van der Waals surface area contributed by atoms with Gasteiger partial charge < -0.3 is 10.2 Å². The lowest BCUT2D eigenvalue weighted by Gasteiger charge is -2.27. The molecule has 0 aliphatic heterocycles. The molecule has 0 amide bonds. The van der Waals surface area contributed by atoms with Gasteiger partial charge in [0.05, 0.1) is 16.1 Å². The summed E-state index contributed by atoms with van der Waals surface area (Å²) in [7, 11) is -1.91. The lowest BCUT2D eigenvalue weighted by atomic mass is 10.2. The van der Waals surface area contributed by atoms with Crippen LogP contribution in [-0.2, 0) is 17.1 Å². The zero-order valence-electron chi connectivity index (χ0n) is 18.3. The van der Waals surface area contributed by atoms with Crippen LogP contribution in [0.5, 0.6) is 0 Å². The zero-order chi connectivity index (χ0) is 23.0.